The van der Waals surface area contributed by atoms with Gasteiger partial charge in [0.15, 0.2) is 0 Å². The molecule has 0 heterocycles. The average Bonchev–Trinajstić information content (AvgIpc) is 2.98. The number of benzene rings is 2. The lowest BCUT2D eigenvalue weighted by molar-refractivity contribution is -0.117. The van der Waals surface area contributed by atoms with Crippen LogP contribution in [0.5, 0.6) is 0 Å². The highest BCUT2D eigenvalue weighted by molar-refractivity contribution is 6.34. The number of hydrogen-bond acceptors (Lipinski definition) is 2. The number of carbonyl (C=O) groups excluding carboxylic acids is 2. The van der Waals surface area contributed by atoms with Crippen LogP contribution >= 0.6 is 11.6 Å². The molecule has 24 heavy (non-hydrogen) atoms. The van der Waals surface area contributed by atoms with E-state index in [0.29, 0.717) is 16.3 Å². The summed E-state index contributed by atoms with van der Waals surface area (Å²) in [6.45, 7) is 0. The maximum absolute atomic E-state index is 12.6. The Hall–Kier alpha value is -2.33. The first kappa shape index (κ1) is 16.5. The van der Waals surface area contributed by atoms with Gasteiger partial charge in [-0.25, -0.2) is 0 Å². The van der Waals surface area contributed by atoms with Crippen LogP contribution in [0.3, 0.4) is 0 Å². The molecule has 1 N–H and O–H groups in total. The highest BCUT2D eigenvalue weighted by atomic mass is 35.5. The molecule has 124 valence electrons. The van der Waals surface area contributed by atoms with E-state index in [1.54, 1.807) is 32.3 Å². The standard InChI is InChI=1S/C19H19ClN2O2/c1-22(2)19(24)16-10-8-13(11-17(16)20)21-18(23)15-9-7-12-5-3-4-6-14(12)15/h3-6,8,10-11,15H,7,9H2,1-2H3,(H,21,23). The minimum atomic E-state index is -0.164. The van der Waals surface area contributed by atoms with Gasteiger partial charge in [-0.15, -0.1) is 0 Å². The highest BCUT2D eigenvalue weighted by Gasteiger charge is 2.28. The molecule has 0 aliphatic heterocycles. The number of anilines is 1. The van der Waals surface area contributed by atoms with Crippen molar-refractivity contribution in [3.05, 3.63) is 64.2 Å². The summed E-state index contributed by atoms with van der Waals surface area (Å²) in [6.07, 6.45) is 1.74. The maximum atomic E-state index is 12.6. The van der Waals surface area contributed by atoms with Crippen LogP contribution in [0.15, 0.2) is 42.5 Å². The Bertz CT molecular complexity index is 802. The van der Waals surface area contributed by atoms with Crippen LogP contribution < -0.4 is 5.32 Å². The highest BCUT2D eigenvalue weighted by Crippen LogP contribution is 2.34. The second-order valence-electron chi connectivity index (χ2n) is 6.17. The Morgan fingerprint density at radius 2 is 1.92 bits per heavy atom. The molecule has 1 atom stereocenters. The van der Waals surface area contributed by atoms with Crippen molar-refractivity contribution in [2.75, 3.05) is 19.4 Å². The minimum Gasteiger partial charge on any atom is -0.345 e. The zero-order valence-corrected chi connectivity index (χ0v) is 14.4. The molecule has 0 saturated heterocycles. The van der Waals surface area contributed by atoms with E-state index in [9.17, 15) is 9.59 Å². The predicted octanol–water partition coefficient (Wildman–Crippen LogP) is 3.71. The molecule has 0 radical (unpaired) electrons. The zero-order valence-electron chi connectivity index (χ0n) is 13.7. The summed E-state index contributed by atoms with van der Waals surface area (Å²) in [7, 11) is 3.35. The van der Waals surface area contributed by atoms with Crippen molar-refractivity contribution in [2.45, 2.75) is 18.8 Å². The third-order valence-electron chi connectivity index (χ3n) is 4.32. The number of aryl methyl sites for hydroxylation is 1. The Kier molecular flexibility index (Phi) is 4.58. The molecule has 4 nitrogen and oxygen atoms in total. The molecule has 1 unspecified atom stereocenters. The van der Waals surface area contributed by atoms with Crippen molar-refractivity contribution >= 4 is 29.1 Å². The fourth-order valence-electron chi connectivity index (χ4n) is 3.07. The summed E-state index contributed by atoms with van der Waals surface area (Å²) in [4.78, 5) is 26.1. The second kappa shape index (κ2) is 6.65. The lowest BCUT2D eigenvalue weighted by atomic mass is 10.0. The van der Waals surface area contributed by atoms with Crippen molar-refractivity contribution in [2.24, 2.45) is 0 Å². The van der Waals surface area contributed by atoms with Crippen molar-refractivity contribution < 1.29 is 9.59 Å². The summed E-state index contributed by atoms with van der Waals surface area (Å²) in [5.41, 5.74) is 3.36. The third kappa shape index (κ3) is 3.15. The quantitative estimate of drug-likeness (QED) is 0.924. The Morgan fingerprint density at radius 3 is 2.62 bits per heavy atom. The zero-order chi connectivity index (χ0) is 17.3. The van der Waals surface area contributed by atoms with Crippen LogP contribution in [-0.2, 0) is 11.2 Å². The van der Waals surface area contributed by atoms with Gasteiger partial charge in [0.1, 0.15) is 0 Å². The molecule has 5 heteroatoms. The van der Waals surface area contributed by atoms with E-state index in [4.69, 9.17) is 11.6 Å². The van der Waals surface area contributed by atoms with Gasteiger partial charge in [-0.3, -0.25) is 9.59 Å². The number of nitrogens with zero attached hydrogens (tertiary/aromatic N) is 1. The molecule has 2 aromatic carbocycles. The maximum Gasteiger partial charge on any atom is 0.254 e. The molecule has 0 fully saturated rings. The Morgan fingerprint density at radius 1 is 1.17 bits per heavy atom. The van der Waals surface area contributed by atoms with Crippen LogP contribution in [0.1, 0.15) is 33.8 Å². The fraction of sp³-hybridized carbons (Fsp3) is 0.263. The molecule has 2 aromatic rings. The first-order valence-corrected chi connectivity index (χ1v) is 8.25. The third-order valence-corrected chi connectivity index (χ3v) is 4.64. The lowest BCUT2D eigenvalue weighted by Crippen LogP contribution is -2.22. The lowest BCUT2D eigenvalue weighted by Gasteiger charge is -2.15. The van der Waals surface area contributed by atoms with E-state index in [0.717, 1.165) is 18.4 Å². The summed E-state index contributed by atoms with van der Waals surface area (Å²) in [6, 6.07) is 13.0. The topological polar surface area (TPSA) is 49.4 Å². The molecular formula is C19H19ClN2O2. The summed E-state index contributed by atoms with van der Waals surface area (Å²) >= 11 is 6.19. The Balaban J connectivity index is 1.76. The van der Waals surface area contributed by atoms with Crippen LogP contribution in [0.4, 0.5) is 5.69 Å². The van der Waals surface area contributed by atoms with E-state index in [1.807, 2.05) is 18.2 Å². The number of fused-ring (bicyclic) bond motifs is 1. The monoisotopic (exact) mass is 342 g/mol. The normalized spacial score (nSPS) is 15.7. The van der Waals surface area contributed by atoms with E-state index < -0.39 is 0 Å². The predicted molar refractivity (Wildman–Crippen MR) is 95.6 cm³/mol. The largest absolute Gasteiger partial charge is 0.345 e. The van der Waals surface area contributed by atoms with Gasteiger partial charge < -0.3 is 10.2 Å². The van der Waals surface area contributed by atoms with Crippen LogP contribution in [0.2, 0.25) is 5.02 Å². The van der Waals surface area contributed by atoms with E-state index >= 15 is 0 Å². The minimum absolute atomic E-state index is 0.0392. The van der Waals surface area contributed by atoms with Crippen LogP contribution in [0.25, 0.3) is 0 Å². The molecular weight excluding hydrogens is 324 g/mol. The average molecular weight is 343 g/mol. The van der Waals surface area contributed by atoms with Crippen LogP contribution in [-0.4, -0.2) is 30.8 Å². The van der Waals surface area contributed by atoms with Crippen molar-refractivity contribution in [1.82, 2.24) is 4.90 Å². The molecule has 0 spiro atoms. The molecule has 0 bridgehead atoms. The first-order chi connectivity index (χ1) is 11.5. The number of hydrogen-bond donors (Lipinski definition) is 1. The molecule has 1 aliphatic rings. The molecule has 1 aliphatic carbocycles. The molecule has 0 aromatic heterocycles. The van der Waals surface area contributed by atoms with Crippen molar-refractivity contribution in [1.29, 1.82) is 0 Å². The van der Waals surface area contributed by atoms with Gasteiger partial charge in [0.2, 0.25) is 5.91 Å². The number of nitrogens with one attached hydrogen (secondary N) is 1. The smallest absolute Gasteiger partial charge is 0.254 e. The van der Waals surface area contributed by atoms with Crippen molar-refractivity contribution in [3.8, 4) is 0 Å². The summed E-state index contributed by atoms with van der Waals surface area (Å²) < 4.78 is 0. The SMILES string of the molecule is CN(C)C(=O)c1ccc(NC(=O)C2CCc3ccccc32)cc1Cl. The Labute approximate surface area is 146 Å². The summed E-state index contributed by atoms with van der Waals surface area (Å²) in [5, 5.41) is 3.24. The van der Waals surface area contributed by atoms with E-state index in [1.165, 1.54) is 10.5 Å². The number of halogens is 1. The van der Waals surface area contributed by atoms with Crippen molar-refractivity contribution in [3.63, 3.8) is 0 Å². The molecule has 2 amide bonds. The second-order valence-corrected chi connectivity index (χ2v) is 6.58. The van der Waals surface area contributed by atoms with E-state index in [-0.39, 0.29) is 17.7 Å². The van der Waals surface area contributed by atoms with Gasteiger partial charge in [0, 0.05) is 19.8 Å². The number of carbonyl (C=O) groups is 2. The van der Waals surface area contributed by atoms with Gasteiger partial charge in [-0.05, 0) is 42.2 Å². The van der Waals surface area contributed by atoms with Gasteiger partial charge in [0.25, 0.3) is 5.91 Å². The van der Waals surface area contributed by atoms with Gasteiger partial charge in [-0.2, -0.15) is 0 Å². The van der Waals surface area contributed by atoms with Gasteiger partial charge >= 0.3 is 0 Å². The van der Waals surface area contributed by atoms with Gasteiger partial charge in [-0.1, -0.05) is 35.9 Å². The molecule has 3 rings (SSSR count). The first-order valence-electron chi connectivity index (χ1n) is 7.87. The molecule has 0 saturated carbocycles. The number of amides is 2. The summed E-state index contributed by atoms with van der Waals surface area (Å²) in [5.74, 6) is -0.339. The van der Waals surface area contributed by atoms with Gasteiger partial charge in [0.05, 0.1) is 16.5 Å². The van der Waals surface area contributed by atoms with E-state index in [2.05, 4.69) is 11.4 Å². The number of rotatable bonds is 3. The van der Waals surface area contributed by atoms with Crippen LogP contribution in [0, 0.1) is 0 Å². The fourth-order valence-corrected chi connectivity index (χ4v) is 3.33.